The molecule has 0 unspecified atom stereocenters. The summed E-state index contributed by atoms with van der Waals surface area (Å²) in [5, 5.41) is 3.78. The van der Waals surface area contributed by atoms with Crippen LogP contribution in [-0.4, -0.2) is 28.0 Å². The number of benzene rings is 1. The van der Waals surface area contributed by atoms with E-state index in [1.807, 2.05) is 0 Å². The average Bonchev–Trinajstić information content (AvgIpc) is 3.03. The molecule has 2 aromatic rings. The summed E-state index contributed by atoms with van der Waals surface area (Å²) >= 11 is 0. The number of carbonyl (C=O) groups is 3. The van der Waals surface area contributed by atoms with E-state index in [1.165, 1.54) is 24.5 Å². The van der Waals surface area contributed by atoms with E-state index < -0.39 is 17.8 Å². The van der Waals surface area contributed by atoms with E-state index in [0.29, 0.717) is 5.06 Å². The van der Waals surface area contributed by atoms with Crippen LogP contribution in [0.2, 0.25) is 0 Å². The molecule has 0 aliphatic carbocycles. The van der Waals surface area contributed by atoms with Crippen molar-refractivity contribution in [3.63, 3.8) is 0 Å². The van der Waals surface area contributed by atoms with Gasteiger partial charge in [-0.25, -0.2) is 4.79 Å². The molecule has 0 saturated carbocycles. The van der Waals surface area contributed by atoms with Crippen LogP contribution in [0.1, 0.15) is 31.2 Å². The summed E-state index contributed by atoms with van der Waals surface area (Å²) in [4.78, 5) is 40.1. The van der Waals surface area contributed by atoms with Crippen LogP contribution in [0.5, 0.6) is 0 Å². The summed E-state index contributed by atoms with van der Waals surface area (Å²) in [6.45, 7) is 0. The molecule has 0 atom stereocenters. The van der Waals surface area contributed by atoms with E-state index in [0.717, 1.165) is 0 Å². The minimum Gasteiger partial charge on any atom is -0.364 e. The molecule has 0 bridgehead atoms. The minimum atomic E-state index is -0.941. The molecule has 0 N–H and O–H groups in total. The molecule has 0 spiro atoms. The first kappa shape index (κ1) is 11.1. The van der Waals surface area contributed by atoms with Crippen LogP contribution in [0, 0.1) is 0 Å². The number of fused-ring (bicyclic) bond motifs is 1. The molecule has 1 aromatic carbocycles. The molecule has 0 fully saturated rings. The summed E-state index contributed by atoms with van der Waals surface area (Å²) in [5.74, 6) is -2.31. The van der Waals surface area contributed by atoms with Gasteiger partial charge in [0.25, 0.3) is 11.8 Å². The quantitative estimate of drug-likeness (QED) is 0.747. The number of hydroxylamine groups is 2. The van der Waals surface area contributed by atoms with Gasteiger partial charge in [0.05, 0.1) is 11.1 Å². The molecule has 0 saturated heterocycles. The van der Waals surface area contributed by atoms with Gasteiger partial charge in [-0.05, 0) is 12.1 Å². The highest BCUT2D eigenvalue weighted by Gasteiger charge is 2.39. The fourth-order valence-electron chi connectivity index (χ4n) is 1.70. The summed E-state index contributed by atoms with van der Waals surface area (Å²) in [7, 11) is 0. The van der Waals surface area contributed by atoms with Gasteiger partial charge in [-0.3, -0.25) is 9.59 Å². The van der Waals surface area contributed by atoms with Crippen LogP contribution in [0.25, 0.3) is 0 Å². The Morgan fingerprint density at radius 3 is 2.26 bits per heavy atom. The predicted octanol–water partition coefficient (Wildman–Crippen LogP) is 1.04. The molecule has 94 valence electrons. The maximum atomic E-state index is 11.9. The van der Waals surface area contributed by atoms with E-state index in [4.69, 9.17) is 4.84 Å². The fourth-order valence-corrected chi connectivity index (χ4v) is 1.70. The third kappa shape index (κ3) is 1.68. The van der Waals surface area contributed by atoms with Crippen molar-refractivity contribution in [3.8, 4) is 0 Å². The lowest BCUT2D eigenvalue weighted by Gasteiger charge is -2.10. The molecular weight excluding hydrogens is 252 g/mol. The fraction of sp³-hybridized carbons (Fsp3) is 0. The molecule has 3 rings (SSSR count). The lowest BCUT2D eigenvalue weighted by atomic mass is 10.1. The van der Waals surface area contributed by atoms with E-state index >= 15 is 0 Å². The molecule has 1 aliphatic rings. The van der Waals surface area contributed by atoms with Crippen molar-refractivity contribution in [2.45, 2.75) is 0 Å². The Morgan fingerprint density at radius 1 is 1.11 bits per heavy atom. The molecule has 19 heavy (non-hydrogen) atoms. The SMILES string of the molecule is O=C(ON1C(=O)c2ccccc2C1=O)c1ccon1. The highest BCUT2D eigenvalue weighted by atomic mass is 16.7. The number of aromatic nitrogens is 1. The number of amides is 2. The van der Waals surface area contributed by atoms with Gasteiger partial charge in [0.1, 0.15) is 6.26 Å². The number of imide groups is 1. The number of rotatable bonds is 2. The van der Waals surface area contributed by atoms with E-state index in [9.17, 15) is 14.4 Å². The zero-order valence-corrected chi connectivity index (χ0v) is 9.40. The number of nitrogens with zero attached hydrogens (tertiary/aromatic N) is 2. The highest BCUT2D eigenvalue weighted by molar-refractivity contribution is 6.21. The van der Waals surface area contributed by atoms with Crippen LogP contribution in [0.3, 0.4) is 0 Å². The number of hydrogen-bond donors (Lipinski definition) is 0. The maximum absolute atomic E-state index is 11.9. The van der Waals surface area contributed by atoms with E-state index in [1.54, 1.807) is 12.1 Å². The van der Waals surface area contributed by atoms with Crippen molar-refractivity contribution in [1.82, 2.24) is 10.2 Å². The van der Waals surface area contributed by atoms with Crippen LogP contribution >= 0.6 is 0 Å². The second kappa shape index (κ2) is 4.05. The average molecular weight is 258 g/mol. The molecule has 7 nitrogen and oxygen atoms in total. The van der Waals surface area contributed by atoms with Crippen LogP contribution in [0.4, 0.5) is 0 Å². The summed E-state index contributed by atoms with van der Waals surface area (Å²) < 4.78 is 4.48. The van der Waals surface area contributed by atoms with Gasteiger partial charge >= 0.3 is 5.97 Å². The van der Waals surface area contributed by atoms with Gasteiger partial charge in [-0.15, -0.1) is 0 Å². The Balaban J connectivity index is 1.87. The summed E-state index contributed by atoms with van der Waals surface area (Å²) in [5.41, 5.74) is 0.262. The van der Waals surface area contributed by atoms with Gasteiger partial charge < -0.3 is 9.36 Å². The van der Waals surface area contributed by atoms with Crippen molar-refractivity contribution < 1.29 is 23.7 Å². The Bertz CT molecular complexity index is 642. The number of hydrogen-bond acceptors (Lipinski definition) is 6. The largest absolute Gasteiger partial charge is 0.385 e. The maximum Gasteiger partial charge on any atom is 0.385 e. The second-order valence-electron chi connectivity index (χ2n) is 3.71. The molecule has 1 aromatic heterocycles. The highest BCUT2D eigenvalue weighted by Crippen LogP contribution is 2.23. The lowest BCUT2D eigenvalue weighted by molar-refractivity contribution is -0.0590. The van der Waals surface area contributed by atoms with E-state index in [-0.39, 0.29) is 16.8 Å². The zero-order chi connectivity index (χ0) is 13.4. The van der Waals surface area contributed by atoms with Crippen molar-refractivity contribution in [2.24, 2.45) is 0 Å². The molecule has 2 heterocycles. The molecule has 1 aliphatic heterocycles. The first-order chi connectivity index (χ1) is 9.18. The predicted molar refractivity (Wildman–Crippen MR) is 58.9 cm³/mol. The van der Waals surface area contributed by atoms with E-state index in [2.05, 4.69) is 9.68 Å². The normalized spacial score (nSPS) is 13.6. The minimum absolute atomic E-state index is 0.128. The molecule has 0 radical (unpaired) electrons. The summed E-state index contributed by atoms with van der Waals surface area (Å²) in [6.07, 6.45) is 1.18. The second-order valence-corrected chi connectivity index (χ2v) is 3.71. The van der Waals surface area contributed by atoms with Crippen molar-refractivity contribution >= 4 is 17.8 Å². The smallest absolute Gasteiger partial charge is 0.364 e. The van der Waals surface area contributed by atoms with Gasteiger partial charge in [0.2, 0.25) is 0 Å². The molecular formula is C12H6N2O5. The first-order valence-electron chi connectivity index (χ1n) is 5.29. The third-order valence-electron chi connectivity index (χ3n) is 2.58. The van der Waals surface area contributed by atoms with Crippen LogP contribution < -0.4 is 0 Å². The standard InChI is InChI=1S/C12H6N2O5/c15-10-7-3-1-2-4-8(7)11(16)14(10)19-12(17)9-5-6-18-13-9/h1-6H. The Morgan fingerprint density at radius 2 is 1.74 bits per heavy atom. The third-order valence-corrected chi connectivity index (χ3v) is 2.58. The Hall–Kier alpha value is -2.96. The Kier molecular flexibility index (Phi) is 2.38. The monoisotopic (exact) mass is 258 g/mol. The van der Waals surface area contributed by atoms with Crippen LogP contribution in [-0.2, 0) is 4.84 Å². The lowest BCUT2D eigenvalue weighted by Crippen LogP contribution is -2.32. The van der Waals surface area contributed by atoms with Gasteiger partial charge in [0, 0.05) is 6.07 Å². The molecule has 7 heteroatoms. The van der Waals surface area contributed by atoms with Crippen molar-refractivity contribution in [3.05, 3.63) is 53.4 Å². The first-order valence-corrected chi connectivity index (χ1v) is 5.29. The van der Waals surface area contributed by atoms with Crippen molar-refractivity contribution in [1.29, 1.82) is 0 Å². The van der Waals surface area contributed by atoms with Gasteiger partial charge in [0.15, 0.2) is 5.69 Å². The van der Waals surface area contributed by atoms with Gasteiger partial charge in [-0.2, -0.15) is 0 Å². The molecule has 2 amide bonds. The van der Waals surface area contributed by atoms with Crippen LogP contribution in [0.15, 0.2) is 41.1 Å². The topological polar surface area (TPSA) is 89.7 Å². The van der Waals surface area contributed by atoms with Crippen molar-refractivity contribution in [2.75, 3.05) is 0 Å². The summed E-state index contributed by atoms with van der Waals surface area (Å²) in [6, 6.07) is 7.47. The number of carbonyl (C=O) groups excluding carboxylic acids is 3. The zero-order valence-electron chi connectivity index (χ0n) is 9.40. The Labute approximate surface area is 106 Å². The van der Waals surface area contributed by atoms with Gasteiger partial charge in [-0.1, -0.05) is 22.4 Å².